The standard InChI is InChI=1S/C15H14OS/c1-3-7-13(8-4-1)15(16-11-12-17-15)14-9-5-2-6-10-14/h1-10H,11-12H2. The Bertz CT molecular complexity index is 433. The summed E-state index contributed by atoms with van der Waals surface area (Å²) in [6.45, 7) is 0.814. The topological polar surface area (TPSA) is 9.23 Å². The van der Waals surface area contributed by atoms with E-state index in [2.05, 4.69) is 48.5 Å². The fourth-order valence-corrected chi connectivity index (χ4v) is 3.45. The van der Waals surface area contributed by atoms with Gasteiger partial charge in [0.05, 0.1) is 6.61 Å². The van der Waals surface area contributed by atoms with Gasteiger partial charge in [0.1, 0.15) is 0 Å². The van der Waals surface area contributed by atoms with Gasteiger partial charge >= 0.3 is 0 Å². The number of ether oxygens (including phenoxy) is 1. The molecule has 3 rings (SSSR count). The molecule has 0 N–H and O–H groups in total. The first-order chi connectivity index (χ1) is 8.42. The lowest BCUT2D eigenvalue weighted by Gasteiger charge is -2.28. The quantitative estimate of drug-likeness (QED) is 0.795. The fourth-order valence-electron chi connectivity index (χ4n) is 2.23. The van der Waals surface area contributed by atoms with Crippen LogP contribution in [0.15, 0.2) is 60.7 Å². The zero-order chi connectivity index (χ0) is 11.6. The van der Waals surface area contributed by atoms with Gasteiger partial charge in [0.15, 0.2) is 4.93 Å². The van der Waals surface area contributed by atoms with E-state index in [-0.39, 0.29) is 4.93 Å². The van der Waals surface area contributed by atoms with E-state index < -0.39 is 0 Å². The van der Waals surface area contributed by atoms with E-state index in [9.17, 15) is 0 Å². The molecule has 0 amide bonds. The molecule has 2 heteroatoms. The van der Waals surface area contributed by atoms with E-state index in [0.29, 0.717) is 0 Å². The molecule has 1 aliphatic heterocycles. The number of hydrogen-bond acceptors (Lipinski definition) is 2. The molecule has 1 nitrogen and oxygen atoms in total. The average molecular weight is 242 g/mol. The zero-order valence-electron chi connectivity index (χ0n) is 9.50. The van der Waals surface area contributed by atoms with Crippen LogP contribution in [0, 0.1) is 0 Å². The Morgan fingerprint density at radius 2 is 1.35 bits per heavy atom. The van der Waals surface area contributed by atoms with Crippen molar-refractivity contribution in [3.05, 3.63) is 71.8 Å². The first kappa shape index (κ1) is 10.9. The maximum atomic E-state index is 6.08. The molecule has 1 aliphatic rings. The molecule has 0 spiro atoms. The highest BCUT2D eigenvalue weighted by Gasteiger charge is 2.39. The lowest BCUT2D eigenvalue weighted by Crippen LogP contribution is -2.22. The predicted molar refractivity (Wildman–Crippen MR) is 72.1 cm³/mol. The van der Waals surface area contributed by atoms with Crippen molar-refractivity contribution in [3.8, 4) is 0 Å². The molecule has 2 aromatic rings. The van der Waals surface area contributed by atoms with Crippen molar-refractivity contribution in [2.45, 2.75) is 4.93 Å². The van der Waals surface area contributed by atoms with Crippen molar-refractivity contribution in [1.29, 1.82) is 0 Å². The van der Waals surface area contributed by atoms with E-state index in [0.717, 1.165) is 12.4 Å². The highest BCUT2D eigenvalue weighted by Crippen LogP contribution is 2.47. The van der Waals surface area contributed by atoms with Crippen LogP contribution in [0.3, 0.4) is 0 Å². The van der Waals surface area contributed by atoms with Crippen molar-refractivity contribution >= 4 is 11.8 Å². The highest BCUT2D eigenvalue weighted by atomic mass is 32.2. The number of thioether (sulfide) groups is 1. The zero-order valence-corrected chi connectivity index (χ0v) is 10.3. The van der Waals surface area contributed by atoms with Gasteiger partial charge in [-0.1, -0.05) is 60.7 Å². The van der Waals surface area contributed by atoms with Crippen LogP contribution < -0.4 is 0 Å². The maximum Gasteiger partial charge on any atom is 0.165 e. The normalized spacial score (nSPS) is 18.1. The van der Waals surface area contributed by atoms with Crippen LogP contribution in [-0.4, -0.2) is 12.4 Å². The molecule has 1 heterocycles. The summed E-state index contributed by atoms with van der Waals surface area (Å²) in [4.78, 5) is -0.303. The monoisotopic (exact) mass is 242 g/mol. The third kappa shape index (κ3) is 1.88. The van der Waals surface area contributed by atoms with Gasteiger partial charge in [0.2, 0.25) is 0 Å². The summed E-state index contributed by atoms with van der Waals surface area (Å²) in [6, 6.07) is 21.0. The average Bonchev–Trinajstić information content (AvgIpc) is 2.91. The number of hydrogen-bond donors (Lipinski definition) is 0. The van der Waals surface area contributed by atoms with E-state index in [4.69, 9.17) is 4.74 Å². The lowest BCUT2D eigenvalue weighted by atomic mass is 10.0. The van der Waals surface area contributed by atoms with Gasteiger partial charge in [-0.25, -0.2) is 0 Å². The van der Waals surface area contributed by atoms with Crippen LogP contribution in [-0.2, 0) is 9.67 Å². The molecule has 0 saturated carbocycles. The summed E-state index contributed by atoms with van der Waals surface area (Å²) in [7, 11) is 0. The van der Waals surface area contributed by atoms with Crippen molar-refractivity contribution in [2.24, 2.45) is 0 Å². The minimum Gasteiger partial charge on any atom is -0.355 e. The van der Waals surface area contributed by atoms with Gasteiger partial charge in [-0.05, 0) is 11.1 Å². The molecule has 2 aromatic carbocycles. The van der Waals surface area contributed by atoms with Gasteiger partial charge < -0.3 is 4.74 Å². The Balaban J connectivity index is 2.11. The Labute approximate surface area is 106 Å². The summed E-state index contributed by atoms with van der Waals surface area (Å²) >= 11 is 1.87. The molecule has 86 valence electrons. The van der Waals surface area contributed by atoms with Crippen molar-refractivity contribution < 1.29 is 4.74 Å². The van der Waals surface area contributed by atoms with Gasteiger partial charge in [0, 0.05) is 5.75 Å². The van der Waals surface area contributed by atoms with Crippen molar-refractivity contribution in [2.75, 3.05) is 12.4 Å². The molecule has 17 heavy (non-hydrogen) atoms. The van der Waals surface area contributed by atoms with Crippen LogP contribution in [0.1, 0.15) is 11.1 Å². The largest absolute Gasteiger partial charge is 0.355 e. The Hall–Kier alpha value is -1.25. The SMILES string of the molecule is c1ccc(C2(c3ccccc3)OCCS2)cc1. The van der Waals surface area contributed by atoms with Gasteiger partial charge in [-0.3, -0.25) is 0 Å². The van der Waals surface area contributed by atoms with Crippen molar-refractivity contribution in [3.63, 3.8) is 0 Å². The Kier molecular flexibility index (Phi) is 2.91. The molecule has 0 unspecified atom stereocenters. The first-order valence-electron chi connectivity index (χ1n) is 5.81. The van der Waals surface area contributed by atoms with E-state index in [1.807, 2.05) is 23.9 Å². The van der Waals surface area contributed by atoms with Crippen LogP contribution >= 0.6 is 11.8 Å². The summed E-state index contributed by atoms with van der Waals surface area (Å²) in [5, 5.41) is 0. The van der Waals surface area contributed by atoms with Gasteiger partial charge in [-0.2, -0.15) is 0 Å². The number of rotatable bonds is 2. The van der Waals surface area contributed by atoms with Crippen LogP contribution in [0.2, 0.25) is 0 Å². The Morgan fingerprint density at radius 3 is 1.76 bits per heavy atom. The summed E-state index contributed by atoms with van der Waals surface area (Å²) < 4.78 is 6.08. The second-order valence-electron chi connectivity index (χ2n) is 4.05. The van der Waals surface area contributed by atoms with Crippen LogP contribution in [0.5, 0.6) is 0 Å². The van der Waals surface area contributed by atoms with E-state index >= 15 is 0 Å². The summed E-state index contributed by atoms with van der Waals surface area (Å²) in [5.74, 6) is 1.05. The van der Waals surface area contributed by atoms with Crippen LogP contribution in [0.4, 0.5) is 0 Å². The van der Waals surface area contributed by atoms with Gasteiger partial charge in [0.25, 0.3) is 0 Å². The second kappa shape index (κ2) is 4.55. The maximum absolute atomic E-state index is 6.08. The smallest absolute Gasteiger partial charge is 0.165 e. The predicted octanol–water partition coefficient (Wildman–Crippen LogP) is 3.65. The molecule has 0 aliphatic carbocycles. The third-order valence-corrected chi connectivity index (χ3v) is 4.37. The second-order valence-corrected chi connectivity index (χ2v) is 5.32. The third-order valence-electron chi connectivity index (χ3n) is 3.00. The molecular weight excluding hydrogens is 228 g/mol. The van der Waals surface area contributed by atoms with E-state index in [1.54, 1.807) is 0 Å². The highest BCUT2D eigenvalue weighted by molar-refractivity contribution is 8.00. The molecule has 1 saturated heterocycles. The molecule has 0 radical (unpaired) electrons. The minimum atomic E-state index is -0.303. The van der Waals surface area contributed by atoms with Crippen LogP contribution in [0.25, 0.3) is 0 Å². The molecule has 0 bridgehead atoms. The first-order valence-corrected chi connectivity index (χ1v) is 6.79. The molecule has 0 atom stereocenters. The molecule has 0 aromatic heterocycles. The van der Waals surface area contributed by atoms with E-state index in [1.165, 1.54) is 11.1 Å². The summed E-state index contributed by atoms with van der Waals surface area (Å²) in [6.07, 6.45) is 0. The minimum absolute atomic E-state index is 0.303. The van der Waals surface area contributed by atoms with Gasteiger partial charge in [-0.15, -0.1) is 11.8 Å². The molecule has 1 fully saturated rings. The van der Waals surface area contributed by atoms with Crippen molar-refractivity contribution in [1.82, 2.24) is 0 Å². The number of benzene rings is 2. The lowest BCUT2D eigenvalue weighted by molar-refractivity contribution is 0.0808. The Morgan fingerprint density at radius 1 is 0.824 bits per heavy atom. The fraction of sp³-hybridized carbons (Fsp3) is 0.200. The molecular formula is C15H14OS. The summed E-state index contributed by atoms with van der Waals surface area (Å²) in [5.41, 5.74) is 2.46.